The van der Waals surface area contributed by atoms with E-state index in [0.29, 0.717) is 6.54 Å². The molecule has 2 N–H and O–H groups in total. The van der Waals surface area contributed by atoms with Crippen LogP contribution in [0.2, 0.25) is 0 Å². The number of anilines is 1. The molecular weight excluding hydrogens is 354 g/mol. The highest BCUT2D eigenvalue weighted by atomic mass is 79.9. The topological polar surface area (TPSA) is 42.2 Å². The fourth-order valence-corrected chi connectivity index (χ4v) is 4.31. The molecule has 0 unspecified atom stereocenters. The van der Waals surface area contributed by atoms with Crippen LogP contribution in [0.4, 0.5) is 5.13 Å². The lowest BCUT2D eigenvalue weighted by molar-refractivity contribution is 0.566. The molecule has 6 heteroatoms. The average Bonchev–Trinajstić information content (AvgIpc) is 2.94. The van der Waals surface area contributed by atoms with Crippen molar-refractivity contribution < 1.29 is 0 Å². The largest absolute Gasteiger partial charge is 0.347 e. The summed E-state index contributed by atoms with van der Waals surface area (Å²) in [6.45, 7) is 7.97. The zero-order chi connectivity index (χ0) is 14.9. The molecule has 2 heterocycles. The Hall–Kier alpha value is -0.430. The summed E-state index contributed by atoms with van der Waals surface area (Å²) >= 11 is 6.92. The zero-order valence-electron chi connectivity index (χ0n) is 12.2. The number of hydrogen-bond donors (Lipinski definition) is 1. The predicted molar refractivity (Wildman–Crippen MR) is 92.8 cm³/mol. The highest BCUT2D eigenvalue weighted by Crippen LogP contribution is 2.34. The van der Waals surface area contributed by atoms with Gasteiger partial charge in [-0.2, -0.15) is 0 Å². The molecule has 0 radical (unpaired) electrons. The summed E-state index contributed by atoms with van der Waals surface area (Å²) in [7, 11) is 2.08. The first-order valence-corrected chi connectivity index (χ1v) is 8.94. The predicted octanol–water partition coefficient (Wildman–Crippen LogP) is 4.36. The minimum Gasteiger partial charge on any atom is -0.347 e. The standard InChI is InChI=1S/C14H20BrN3S2/c1-14(2,3)12-10(6-16)20-13(17-12)18(4)7-9-5-11(15)19-8-9/h5,8H,6-7,16H2,1-4H3. The Morgan fingerprint density at radius 2 is 2.10 bits per heavy atom. The molecule has 0 saturated heterocycles. The lowest BCUT2D eigenvalue weighted by Crippen LogP contribution is -2.18. The number of aromatic nitrogens is 1. The Morgan fingerprint density at radius 1 is 1.40 bits per heavy atom. The Labute approximate surface area is 137 Å². The SMILES string of the molecule is CN(Cc1csc(Br)c1)c1nc(C(C)(C)C)c(CN)s1. The van der Waals surface area contributed by atoms with Crippen LogP contribution in [0.15, 0.2) is 15.2 Å². The molecule has 2 aromatic rings. The van der Waals surface area contributed by atoms with Crippen LogP contribution < -0.4 is 10.6 Å². The van der Waals surface area contributed by atoms with E-state index in [-0.39, 0.29) is 5.41 Å². The highest BCUT2D eigenvalue weighted by Gasteiger charge is 2.23. The Bertz CT molecular complexity index is 583. The lowest BCUT2D eigenvalue weighted by atomic mass is 9.91. The van der Waals surface area contributed by atoms with E-state index >= 15 is 0 Å². The Kier molecular flexibility index (Phi) is 4.89. The van der Waals surface area contributed by atoms with E-state index in [1.807, 2.05) is 0 Å². The molecule has 2 aromatic heterocycles. The van der Waals surface area contributed by atoms with Crippen LogP contribution in [-0.4, -0.2) is 12.0 Å². The number of rotatable bonds is 4. The second-order valence-corrected chi connectivity index (χ2v) is 9.19. The molecule has 0 amide bonds. The molecule has 2 rings (SSSR count). The van der Waals surface area contributed by atoms with Gasteiger partial charge >= 0.3 is 0 Å². The molecule has 0 aromatic carbocycles. The van der Waals surface area contributed by atoms with Crippen molar-refractivity contribution in [2.24, 2.45) is 5.73 Å². The van der Waals surface area contributed by atoms with E-state index in [1.165, 1.54) is 10.4 Å². The number of thiophene rings is 1. The summed E-state index contributed by atoms with van der Waals surface area (Å²) in [5.74, 6) is 0. The Morgan fingerprint density at radius 3 is 2.55 bits per heavy atom. The Balaban J connectivity index is 2.22. The number of thiazole rings is 1. The van der Waals surface area contributed by atoms with Crippen molar-refractivity contribution in [1.82, 2.24) is 4.98 Å². The maximum atomic E-state index is 5.86. The maximum Gasteiger partial charge on any atom is 0.185 e. The molecule has 3 nitrogen and oxygen atoms in total. The second-order valence-electron chi connectivity index (χ2n) is 5.84. The zero-order valence-corrected chi connectivity index (χ0v) is 15.5. The van der Waals surface area contributed by atoms with Gasteiger partial charge in [0.25, 0.3) is 0 Å². The van der Waals surface area contributed by atoms with Crippen molar-refractivity contribution >= 4 is 43.7 Å². The molecule has 0 fully saturated rings. The van der Waals surface area contributed by atoms with Crippen LogP contribution in [0.1, 0.15) is 36.9 Å². The minimum atomic E-state index is 0.0374. The maximum absolute atomic E-state index is 5.86. The summed E-state index contributed by atoms with van der Waals surface area (Å²) in [5, 5.41) is 3.21. The first-order chi connectivity index (χ1) is 9.31. The molecule has 0 bridgehead atoms. The van der Waals surface area contributed by atoms with Gasteiger partial charge in [0.15, 0.2) is 5.13 Å². The van der Waals surface area contributed by atoms with Crippen LogP contribution in [-0.2, 0) is 18.5 Å². The fraction of sp³-hybridized carbons (Fsp3) is 0.500. The first kappa shape index (κ1) is 15.9. The molecule has 0 aliphatic carbocycles. The van der Waals surface area contributed by atoms with Gasteiger partial charge in [0, 0.05) is 30.4 Å². The third kappa shape index (κ3) is 3.61. The highest BCUT2D eigenvalue weighted by molar-refractivity contribution is 9.11. The van der Waals surface area contributed by atoms with Gasteiger partial charge in [0.05, 0.1) is 9.48 Å². The van der Waals surface area contributed by atoms with Gasteiger partial charge in [-0.1, -0.05) is 20.8 Å². The van der Waals surface area contributed by atoms with E-state index in [4.69, 9.17) is 10.7 Å². The quantitative estimate of drug-likeness (QED) is 0.865. The lowest BCUT2D eigenvalue weighted by Gasteiger charge is -2.18. The molecule has 0 saturated carbocycles. The minimum absolute atomic E-state index is 0.0374. The van der Waals surface area contributed by atoms with E-state index in [2.05, 4.69) is 60.1 Å². The number of halogens is 1. The third-order valence-electron chi connectivity index (χ3n) is 2.95. The van der Waals surface area contributed by atoms with Crippen LogP contribution in [0.25, 0.3) is 0 Å². The van der Waals surface area contributed by atoms with Gasteiger partial charge in [0.2, 0.25) is 0 Å². The number of nitrogens with zero attached hydrogens (tertiary/aromatic N) is 2. The molecule has 110 valence electrons. The summed E-state index contributed by atoms with van der Waals surface area (Å²) in [4.78, 5) is 8.19. The monoisotopic (exact) mass is 373 g/mol. The molecule has 20 heavy (non-hydrogen) atoms. The molecule has 0 aliphatic rings. The summed E-state index contributed by atoms with van der Waals surface area (Å²) in [5.41, 5.74) is 8.32. The van der Waals surface area contributed by atoms with Crippen LogP contribution in [0, 0.1) is 0 Å². The van der Waals surface area contributed by atoms with Gasteiger partial charge in [-0.25, -0.2) is 4.98 Å². The molecule has 0 atom stereocenters. The summed E-state index contributed by atoms with van der Waals surface area (Å²) in [6.07, 6.45) is 0. The van der Waals surface area contributed by atoms with E-state index in [9.17, 15) is 0 Å². The van der Waals surface area contributed by atoms with Gasteiger partial charge < -0.3 is 10.6 Å². The van der Waals surface area contributed by atoms with Crippen molar-refractivity contribution in [3.63, 3.8) is 0 Å². The van der Waals surface area contributed by atoms with Gasteiger partial charge in [0.1, 0.15) is 0 Å². The smallest absolute Gasteiger partial charge is 0.185 e. The number of nitrogens with two attached hydrogens (primary N) is 1. The normalized spacial score (nSPS) is 11.9. The third-order valence-corrected chi connectivity index (χ3v) is 5.70. The average molecular weight is 374 g/mol. The fourth-order valence-electron chi connectivity index (χ4n) is 2.00. The van der Waals surface area contributed by atoms with Crippen LogP contribution in [0.3, 0.4) is 0 Å². The molecular formula is C14H20BrN3S2. The number of hydrogen-bond acceptors (Lipinski definition) is 5. The first-order valence-electron chi connectivity index (χ1n) is 6.45. The van der Waals surface area contributed by atoms with Gasteiger partial charge in [-0.05, 0) is 32.9 Å². The van der Waals surface area contributed by atoms with Crippen molar-refractivity contribution in [2.45, 2.75) is 39.3 Å². The molecule has 0 spiro atoms. The van der Waals surface area contributed by atoms with Crippen molar-refractivity contribution in [3.8, 4) is 0 Å². The van der Waals surface area contributed by atoms with Gasteiger partial charge in [-0.3, -0.25) is 0 Å². The van der Waals surface area contributed by atoms with Gasteiger partial charge in [-0.15, -0.1) is 22.7 Å². The van der Waals surface area contributed by atoms with E-state index < -0.39 is 0 Å². The van der Waals surface area contributed by atoms with Crippen molar-refractivity contribution in [1.29, 1.82) is 0 Å². The molecule has 0 aliphatic heterocycles. The van der Waals surface area contributed by atoms with E-state index in [0.717, 1.165) is 21.2 Å². The van der Waals surface area contributed by atoms with Crippen LogP contribution in [0.5, 0.6) is 0 Å². The second kappa shape index (κ2) is 6.13. The summed E-state index contributed by atoms with van der Waals surface area (Å²) in [6, 6.07) is 2.16. The van der Waals surface area contributed by atoms with Crippen molar-refractivity contribution in [3.05, 3.63) is 31.4 Å². The van der Waals surface area contributed by atoms with E-state index in [1.54, 1.807) is 22.7 Å². The van der Waals surface area contributed by atoms with Crippen LogP contribution >= 0.6 is 38.6 Å². The van der Waals surface area contributed by atoms with Crippen molar-refractivity contribution in [2.75, 3.05) is 11.9 Å². The summed E-state index contributed by atoms with van der Waals surface area (Å²) < 4.78 is 1.16.